The maximum Gasteiger partial charge on any atom is 0.328 e. The number of nitrogens with zero attached hydrogens (tertiary/aromatic N) is 3. The molecule has 1 saturated carbocycles. The number of carboxylic acids is 1. The van der Waals surface area contributed by atoms with E-state index in [0.29, 0.717) is 29.4 Å². The van der Waals surface area contributed by atoms with Crippen molar-refractivity contribution >= 4 is 5.97 Å². The van der Waals surface area contributed by atoms with E-state index in [4.69, 9.17) is 4.74 Å². The van der Waals surface area contributed by atoms with Gasteiger partial charge in [-0.1, -0.05) is 6.92 Å². The monoisotopic (exact) mass is 339 g/mol. The minimum atomic E-state index is -0.899. The Labute approximate surface area is 146 Å². The number of rotatable bonds is 6. The normalized spacial score (nSPS) is 14.8. The number of carbonyl (C=O) groups is 1. The molecule has 0 spiro atoms. The Kier molecular flexibility index (Phi) is 4.49. The van der Waals surface area contributed by atoms with E-state index < -0.39 is 12.0 Å². The van der Waals surface area contributed by atoms with Gasteiger partial charge in [0.15, 0.2) is 5.75 Å². The van der Waals surface area contributed by atoms with Gasteiger partial charge in [0.2, 0.25) is 0 Å². The molecule has 1 aromatic carbocycles. The smallest absolute Gasteiger partial charge is 0.328 e. The van der Waals surface area contributed by atoms with Crippen molar-refractivity contribution in [1.29, 1.82) is 5.26 Å². The van der Waals surface area contributed by atoms with Gasteiger partial charge in [0, 0.05) is 5.92 Å². The molecule has 0 bridgehead atoms. The Balaban J connectivity index is 1.96. The van der Waals surface area contributed by atoms with Gasteiger partial charge in [-0.05, 0) is 56.4 Å². The molecule has 2 aromatic rings. The lowest BCUT2D eigenvalue weighted by Crippen LogP contribution is -2.18. The first-order chi connectivity index (χ1) is 11.9. The van der Waals surface area contributed by atoms with E-state index in [2.05, 4.69) is 11.2 Å². The predicted octanol–water partition coefficient (Wildman–Crippen LogP) is 4.08. The maximum absolute atomic E-state index is 11.4. The van der Waals surface area contributed by atoms with Crippen LogP contribution in [0.5, 0.6) is 11.5 Å². The zero-order valence-corrected chi connectivity index (χ0v) is 14.6. The summed E-state index contributed by atoms with van der Waals surface area (Å²) in [5.41, 5.74) is 3.19. The molecule has 0 aliphatic heterocycles. The van der Waals surface area contributed by atoms with Gasteiger partial charge in [0.25, 0.3) is 0 Å². The van der Waals surface area contributed by atoms with Crippen LogP contribution in [0, 0.1) is 25.2 Å². The number of aryl methyl sites for hydroxylation is 2. The van der Waals surface area contributed by atoms with Crippen molar-refractivity contribution in [2.24, 2.45) is 0 Å². The fourth-order valence-corrected chi connectivity index (χ4v) is 3.03. The summed E-state index contributed by atoms with van der Waals surface area (Å²) in [6.45, 7) is 5.58. The molecule has 0 saturated heterocycles. The van der Waals surface area contributed by atoms with Gasteiger partial charge in [-0.3, -0.25) is 4.68 Å². The van der Waals surface area contributed by atoms with Gasteiger partial charge in [-0.15, -0.1) is 0 Å². The number of ether oxygens (including phenoxy) is 1. The molecule has 6 nitrogen and oxygen atoms in total. The van der Waals surface area contributed by atoms with Gasteiger partial charge >= 0.3 is 5.97 Å². The van der Waals surface area contributed by atoms with E-state index in [1.807, 2.05) is 32.9 Å². The second kappa shape index (κ2) is 6.60. The lowest BCUT2D eigenvalue weighted by Gasteiger charge is -2.10. The molecule has 1 aliphatic carbocycles. The molecule has 1 fully saturated rings. The van der Waals surface area contributed by atoms with Crippen molar-refractivity contribution in [3.8, 4) is 17.6 Å². The first kappa shape index (κ1) is 17.0. The summed E-state index contributed by atoms with van der Waals surface area (Å²) < 4.78 is 7.54. The van der Waals surface area contributed by atoms with Crippen molar-refractivity contribution in [2.45, 2.75) is 52.0 Å². The minimum absolute atomic E-state index is 0.336. The lowest BCUT2D eigenvalue weighted by molar-refractivity contribution is -0.141. The number of hydrogen-bond donors (Lipinski definition) is 1. The molecule has 25 heavy (non-hydrogen) atoms. The van der Waals surface area contributed by atoms with Crippen molar-refractivity contribution in [1.82, 2.24) is 9.78 Å². The molecule has 1 unspecified atom stereocenters. The summed E-state index contributed by atoms with van der Waals surface area (Å²) in [5, 5.41) is 23.1. The number of aromatic nitrogens is 2. The van der Waals surface area contributed by atoms with Gasteiger partial charge in [0.1, 0.15) is 17.5 Å². The number of aliphatic carboxylic acids is 1. The second-order valence-corrected chi connectivity index (χ2v) is 6.54. The van der Waals surface area contributed by atoms with E-state index >= 15 is 0 Å². The average Bonchev–Trinajstić information content (AvgIpc) is 3.30. The SMILES string of the molecule is CCC(C(=O)O)n1cc(Oc2cc(C)c(C#N)c(C)c2)c(C2CC2)n1. The van der Waals surface area contributed by atoms with E-state index in [0.717, 1.165) is 29.7 Å². The van der Waals surface area contributed by atoms with Crippen molar-refractivity contribution < 1.29 is 14.6 Å². The topological polar surface area (TPSA) is 88.1 Å². The van der Waals surface area contributed by atoms with Crippen LogP contribution in [0.25, 0.3) is 0 Å². The third-order valence-corrected chi connectivity index (χ3v) is 4.53. The summed E-state index contributed by atoms with van der Waals surface area (Å²) in [6.07, 6.45) is 4.22. The molecule has 1 aromatic heterocycles. The highest BCUT2D eigenvalue weighted by Gasteiger charge is 2.32. The molecule has 0 radical (unpaired) electrons. The second-order valence-electron chi connectivity index (χ2n) is 6.54. The molecule has 1 N–H and O–H groups in total. The fourth-order valence-electron chi connectivity index (χ4n) is 3.03. The highest BCUT2D eigenvalue weighted by atomic mass is 16.5. The molecular formula is C19H21N3O3. The van der Waals surface area contributed by atoms with Crippen LogP contribution in [0.4, 0.5) is 0 Å². The van der Waals surface area contributed by atoms with Crippen LogP contribution >= 0.6 is 0 Å². The zero-order chi connectivity index (χ0) is 18.1. The van der Waals surface area contributed by atoms with Crippen molar-refractivity contribution in [3.05, 3.63) is 40.7 Å². The van der Waals surface area contributed by atoms with Gasteiger partial charge in [-0.2, -0.15) is 10.4 Å². The third kappa shape index (κ3) is 3.36. The molecule has 1 aliphatic rings. The van der Waals surface area contributed by atoms with Gasteiger partial charge in [0.05, 0.1) is 17.8 Å². The standard InChI is InChI=1S/C19H21N3O3/c1-4-16(19(23)24)22-10-17(18(21-22)13-5-6-13)25-14-7-11(2)15(9-20)12(3)8-14/h7-8,10,13,16H,4-6H2,1-3H3,(H,23,24). The summed E-state index contributed by atoms with van der Waals surface area (Å²) in [4.78, 5) is 11.4. The van der Waals surface area contributed by atoms with Crippen LogP contribution < -0.4 is 4.74 Å². The van der Waals surface area contributed by atoms with Crippen LogP contribution in [-0.4, -0.2) is 20.9 Å². The Hall–Kier alpha value is -2.81. The number of benzene rings is 1. The van der Waals surface area contributed by atoms with E-state index in [1.54, 1.807) is 6.20 Å². The lowest BCUT2D eigenvalue weighted by atomic mass is 10.0. The Morgan fingerprint density at radius 3 is 2.56 bits per heavy atom. The van der Waals surface area contributed by atoms with Crippen molar-refractivity contribution in [2.75, 3.05) is 0 Å². The zero-order valence-electron chi connectivity index (χ0n) is 14.6. The molecule has 1 atom stereocenters. The highest BCUT2D eigenvalue weighted by Crippen LogP contribution is 2.45. The Morgan fingerprint density at radius 2 is 2.08 bits per heavy atom. The fraction of sp³-hybridized carbons (Fsp3) is 0.421. The number of hydrogen-bond acceptors (Lipinski definition) is 4. The molecule has 1 heterocycles. The van der Waals surface area contributed by atoms with E-state index in [9.17, 15) is 15.2 Å². The van der Waals surface area contributed by atoms with Crippen LogP contribution in [0.15, 0.2) is 18.3 Å². The highest BCUT2D eigenvalue weighted by molar-refractivity contribution is 5.71. The van der Waals surface area contributed by atoms with E-state index in [1.165, 1.54) is 4.68 Å². The number of carboxylic acid groups (broad SMARTS) is 1. The summed E-state index contributed by atoms with van der Waals surface area (Å²) in [6, 6.07) is 5.16. The molecule has 130 valence electrons. The maximum atomic E-state index is 11.4. The molecule has 3 rings (SSSR count). The predicted molar refractivity (Wildman–Crippen MR) is 91.9 cm³/mol. The Bertz CT molecular complexity index is 836. The van der Waals surface area contributed by atoms with Crippen LogP contribution in [0.2, 0.25) is 0 Å². The summed E-state index contributed by atoms with van der Waals surface area (Å²) in [5.74, 6) is 0.677. The van der Waals surface area contributed by atoms with Crippen LogP contribution in [-0.2, 0) is 4.79 Å². The molecule has 0 amide bonds. The summed E-state index contributed by atoms with van der Waals surface area (Å²) in [7, 11) is 0. The first-order valence-electron chi connectivity index (χ1n) is 8.45. The van der Waals surface area contributed by atoms with Crippen LogP contribution in [0.3, 0.4) is 0 Å². The van der Waals surface area contributed by atoms with Crippen molar-refractivity contribution in [3.63, 3.8) is 0 Å². The van der Waals surface area contributed by atoms with E-state index in [-0.39, 0.29) is 0 Å². The average molecular weight is 339 g/mol. The first-order valence-corrected chi connectivity index (χ1v) is 8.45. The van der Waals surface area contributed by atoms with Gasteiger partial charge in [-0.25, -0.2) is 4.79 Å². The Morgan fingerprint density at radius 1 is 1.44 bits per heavy atom. The summed E-state index contributed by atoms with van der Waals surface area (Å²) >= 11 is 0. The van der Waals surface area contributed by atoms with Crippen LogP contribution in [0.1, 0.15) is 60.5 Å². The third-order valence-electron chi connectivity index (χ3n) is 4.53. The van der Waals surface area contributed by atoms with Gasteiger partial charge < -0.3 is 9.84 Å². The molecular weight excluding hydrogens is 318 g/mol. The number of nitriles is 1. The minimum Gasteiger partial charge on any atom is -0.480 e. The quantitative estimate of drug-likeness (QED) is 0.857. The molecule has 6 heteroatoms. The largest absolute Gasteiger partial charge is 0.480 e.